The molecule has 0 radical (unpaired) electrons. The van der Waals surface area contributed by atoms with Gasteiger partial charge in [-0.3, -0.25) is 9.98 Å². The summed E-state index contributed by atoms with van der Waals surface area (Å²) in [5.74, 6) is 0.628. The Balaban J connectivity index is 2.48. The van der Waals surface area contributed by atoms with Crippen LogP contribution in [0.25, 0.3) is 0 Å². The van der Waals surface area contributed by atoms with Gasteiger partial charge in [0.15, 0.2) is 11.1 Å². The number of aromatic nitrogens is 1. The molecule has 4 N–H and O–H groups in total. The summed E-state index contributed by atoms with van der Waals surface area (Å²) in [6.07, 6.45) is 3.61. The molecular formula is C13H21N5S. The van der Waals surface area contributed by atoms with Gasteiger partial charge in [-0.25, -0.2) is 0 Å². The summed E-state index contributed by atoms with van der Waals surface area (Å²) in [7, 11) is 0. The molecule has 0 aliphatic carbocycles. The van der Waals surface area contributed by atoms with Crippen LogP contribution in [-0.2, 0) is 6.42 Å². The summed E-state index contributed by atoms with van der Waals surface area (Å²) >= 11 is 4.82. The number of nitrogens with one attached hydrogen (secondary N) is 2. The maximum Gasteiger partial charge on any atom is 0.197 e. The van der Waals surface area contributed by atoms with Gasteiger partial charge < -0.3 is 16.4 Å². The Hall–Kier alpha value is -1.69. The fourth-order valence-electron chi connectivity index (χ4n) is 1.56. The Morgan fingerprint density at radius 1 is 1.53 bits per heavy atom. The van der Waals surface area contributed by atoms with Gasteiger partial charge in [-0.1, -0.05) is 13.0 Å². The van der Waals surface area contributed by atoms with E-state index in [1.165, 1.54) is 5.56 Å². The van der Waals surface area contributed by atoms with Gasteiger partial charge in [0, 0.05) is 31.4 Å². The molecule has 5 nitrogen and oxygen atoms in total. The van der Waals surface area contributed by atoms with Gasteiger partial charge in [-0.2, -0.15) is 0 Å². The fraction of sp³-hybridized carbons (Fsp3) is 0.462. The number of hydrogen-bond donors (Lipinski definition) is 3. The Kier molecular flexibility index (Phi) is 6.81. The molecule has 0 unspecified atom stereocenters. The smallest absolute Gasteiger partial charge is 0.197 e. The van der Waals surface area contributed by atoms with Crippen molar-refractivity contribution >= 4 is 23.3 Å². The standard InChI is InChI=1S/C13H21N5S/c1-3-7-16-13(18-12(14)19)17-9-6-11-10(2)5-4-8-15-11/h4-5,8H,3,6-7,9H2,1-2H3,(H4,14,16,17,18,19). The number of nitrogens with two attached hydrogens (primary N) is 1. The molecular weight excluding hydrogens is 258 g/mol. The first-order chi connectivity index (χ1) is 9.13. The maximum absolute atomic E-state index is 5.46. The van der Waals surface area contributed by atoms with Gasteiger partial charge in [-0.15, -0.1) is 0 Å². The average molecular weight is 279 g/mol. The van der Waals surface area contributed by atoms with Gasteiger partial charge in [0.2, 0.25) is 0 Å². The summed E-state index contributed by atoms with van der Waals surface area (Å²) in [4.78, 5) is 8.69. The molecule has 1 aromatic heterocycles. The highest BCUT2D eigenvalue weighted by molar-refractivity contribution is 7.80. The molecule has 0 aromatic carbocycles. The van der Waals surface area contributed by atoms with Crippen molar-refractivity contribution in [1.82, 2.24) is 15.6 Å². The summed E-state index contributed by atoms with van der Waals surface area (Å²) < 4.78 is 0. The van der Waals surface area contributed by atoms with Crippen LogP contribution >= 0.6 is 12.2 Å². The lowest BCUT2D eigenvalue weighted by Crippen LogP contribution is -2.44. The highest BCUT2D eigenvalue weighted by Crippen LogP contribution is 2.02. The molecule has 0 fully saturated rings. The minimum atomic E-state index is 0.219. The first kappa shape index (κ1) is 15.4. The fourth-order valence-corrected chi connectivity index (χ4v) is 1.66. The van der Waals surface area contributed by atoms with Gasteiger partial charge in [-0.05, 0) is 37.2 Å². The van der Waals surface area contributed by atoms with E-state index < -0.39 is 0 Å². The molecule has 0 atom stereocenters. The molecule has 0 saturated heterocycles. The second kappa shape index (κ2) is 8.42. The Morgan fingerprint density at radius 2 is 2.32 bits per heavy atom. The third-order valence-electron chi connectivity index (χ3n) is 2.51. The predicted molar refractivity (Wildman–Crippen MR) is 83.2 cm³/mol. The lowest BCUT2D eigenvalue weighted by molar-refractivity contribution is 0.808. The number of guanidine groups is 1. The largest absolute Gasteiger partial charge is 0.376 e. The van der Waals surface area contributed by atoms with Crippen molar-refractivity contribution in [3.05, 3.63) is 29.6 Å². The van der Waals surface area contributed by atoms with Crippen molar-refractivity contribution in [1.29, 1.82) is 0 Å². The van der Waals surface area contributed by atoms with Crippen LogP contribution in [0.3, 0.4) is 0 Å². The van der Waals surface area contributed by atoms with E-state index in [9.17, 15) is 0 Å². The van der Waals surface area contributed by atoms with E-state index in [2.05, 4.69) is 40.5 Å². The van der Waals surface area contributed by atoms with Crippen molar-refractivity contribution in [3.8, 4) is 0 Å². The van der Waals surface area contributed by atoms with Crippen molar-refractivity contribution in [2.24, 2.45) is 10.7 Å². The predicted octanol–water partition coefficient (Wildman–Crippen LogP) is 1.12. The van der Waals surface area contributed by atoms with Crippen molar-refractivity contribution < 1.29 is 0 Å². The monoisotopic (exact) mass is 279 g/mol. The highest BCUT2D eigenvalue weighted by atomic mass is 32.1. The lowest BCUT2D eigenvalue weighted by atomic mass is 10.2. The second-order valence-corrected chi connectivity index (χ2v) is 4.60. The van der Waals surface area contributed by atoms with E-state index in [1.807, 2.05) is 12.3 Å². The van der Waals surface area contributed by atoms with E-state index in [-0.39, 0.29) is 5.11 Å². The third-order valence-corrected chi connectivity index (χ3v) is 2.61. The summed E-state index contributed by atoms with van der Waals surface area (Å²) in [5.41, 5.74) is 7.74. The third kappa shape index (κ3) is 6.15. The molecule has 19 heavy (non-hydrogen) atoms. The zero-order valence-corrected chi connectivity index (χ0v) is 12.3. The van der Waals surface area contributed by atoms with Crippen LogP contribution in [0, 0.1) is 6.92 Å². The number of thiocarbonyl (C=S) groups is 1. The Labute approximate surface area is 119 Å². The molecule has 1 rings (SSSR count). The van der Waals surface area contributed by atoms with Crippen molar-refractivity contribution in [3.63, 3.8) is 0 Å². The first-order valence-corrected chi connectivity index (χ1v) is 6.79. The normalized spacial score (nSPS) is 11.2. The molecule has 0 amide bonds. The molecule has 0 bridgehead atoms. The number of hydrogen-bond acceptors (Lipinski definition) is 3. The van der Waals surface area contributed by atoms with Gasteiger partial charge in [0.05, 0.1) is 0 Å². The summed E-state index contributed by atoms with van der Waals surface area (Å²) in [6.45, 7) is 5.59. The number of rotatable bonds is 5. The molecule has 104 valence electrons. The van der Waals surface area contributed by atoms with Crippen LogP contribution in [0.15, 0.2) is 23.3 Å². The van der Waals surface area contributed by atoms with Crippen LogP contribution < -0.4 is 16.4 Å². The zero-order chi connectivity index (χ0) is 14.1. The van der Waals surface area contributed by atoms with Crippen LogP contribution in [-0.4, -0.2) is 29.1 Å². The second-order valence-electron chi connectivity index (χ2n) is 4.16. The molecule has 6 heteroatoms. The van der Waals surface area contributed by atoms with Crippen LogP contribution in [0.5, 0.6) is 0 Å². The molecule has 0 saturated carbocycles. The molecule has 0 spiro atoms. The molecule has 0 aliphatic heterocycles. The number of pyridine rings is 1. The van der Waals surface area contributed by atoms with E-state index in [1.54, 1.807) is 0 Å². The minimum Gasteiger partial charge on any atom is -0.376 e. The number of aliphatic imine (C=N–C) groups is 1. The SMILES string of the molecule is CCCN=C(NCCc1ncccc1C)NC(N)=S. The Morgan fingerprint density at radius 3 is 2.95 bits per heavy atom. The van der Waals surface area contributed by atoms with Crippen LogP contribution in [0.1, 0.15) is 24.6 Å². The maximum atomic E-state index is 5.46. The molecule has 1 aromatic rings. The van der Waals surface area contributed by atoms with E-state index in [4.69, 9.17) is 18.0 Å². The van der Waals surface area contributed by atoms with Crippen LogP contribution in [0.2, 0.25) is 0 Å². The first-order valence-electron chi connectivity index (χ1n) is 6.38. The van der Waals surface area contributed by atoms with E-state index in [0.29, 0.717) is 5.96 Å². The highest BCUT2D eigenvalue weighted by Gasteiger charge is 2.01. The summed E-state index contributed by atoms with van der Waals surface area (Å²) in [5, 5.41) is 6.26. The van der Waals surface area contributed by atoms with Gasteiger partial charge in [0.25, 0.3) is 0 Å². The van der Waals surface area contributed by atoms with Gasteiger partial charge >= 0.3 is 0 Å². The van der Waals surface area contributed by atoms with E-state index in [0.717, 1.165) is 31.6 Å². The quantitative estimate of drug-likeness (QED) is 0.428. The zero-order valence-electron chi connectivity index (χ0n) is 11.4. The number of aryl methyl sites for hydroxylation is 1. The van der Waals surface area contributed by atoms with Crippen LogP contribution in [0.4, 0.5) is 0 Å². The average Bonchev–Trinajstić information content (AvgIpc) is 2.37. The minimum absolute atomic E-state index is 0.219. The summed E-state index contributed by atoms with van der Waals surface area (Å²) in [6, 6.07) is 4.00. The van der Waals surface area contributed by atoms with E-state index >= 15 is 0 Å². The van der Waals surface area contributed by atoms with Crippen molar-refractivity contribution in [2.45, 2.75) is 26.7 Å². The lowest BCUT2D eigenvalue weighted by Gasteiger charge is -2.11. The molecule has 1 heterocycles. The molecule has 0 aliphatic rings. The topological polar surface area (TPSA) is 75.3 Å². The number of nitrogens with zero attached hydrogens (tertiary/aromatic N) is 2. The van der Waals surface area contributed by atoms with Gasteiger partial charge in [0.1, 0.15) is 0 Å². The Bertz CT molecular complexity index is 444. The van der Waals surface area contributed by atoms with Crippen molar-refractivity contribution in [2.75, 3.05) is 13.1 Å².